The van der Waals surface area contributed by atoms with Crippen LogP contribution in [0.4, 0.5) is 0 Å². The van der Waals surface area contributed by atoms with Crippen LogP contribution in [0.2, 0.25) is 0 Å². The molecule has 1 aromatic heterocycles. The summed E-state index contributed by atoms with van der Waals surface area (Å²) in [5.74, 6) is 0.688. The van der Waals surface area contributed by atoms with Gasteiger partial charge in [0.2, 0.25) is 0 Å². The number of carbonyl (C=O) groups excluding carboxylic acids is 1. The van der Waals surface area contributed by atoms with Crippen molar-refractivity contribution >= 4 is 5.91 Å². The minimum atomic E-state index is -0.102. The Morgan fingerprint density at radius 1 is 1.03 bits per heavy atom. The van der Waals surface area contributed by atoms with E-state index in [2.05, 4.69) is 35.3 Å². The molecule has 4 rings (SSSR count). The number of carbonyl (C=O) groups is 1. The minimum Gasteiger partial charge on any atom is -0.497 e. The molecule has 0 saturated carbocycles. The summed E-state index contributed by atoms with van der Waals surface area (Å²) in [6.45, 7) is 7.86. The van der Waals surface area contributed by atoms with Gasteiger partial charge in [-0.3, -0.25) is 4.79 Å². The Hall–Kier alpha value is -3.12. The molecule has 0 aliphatic carbocycles. The van der Waals surface area contributed by atoms with Crippen molar-refractivity contribution in [1.82, 2.24) is 20.0 Å². The number of nitrogens with zero attached hydrogens (tertiary/aromatic N) is 3. The lowest BCUT2D eigenvalue weighted by atomic mass is 10.1. The minimum absolute atomic E-state index is 0.102. The van der Waals surface area contributed by atoms with Crippen LogP contribution in [0.15, 0.2) is 48.5 Å². The normalized spacial score (nSPS) is 14.3. The van der Waals surface area contributed by atoms with Crippen molar-refractivity contribution in [3.63, 3.8) is 0 Å². The Kier molecular flexibility index (Phi) is 6.90. The molecule has 6 nitrogen and oxygen atoms in total. The first-order chi connectivity index (χ1) is 15.5. The highest BCUT2D eigenvalue weighted by Gasteiger charge is 2.19. The molecule has 6 heteroatoms. The lowest BCUT2D eigenvalue weighted by Crippen LogP contribution is -2.38. The average molecular weight is 433 g/mol. The predicted molar refractivity (Wildman–Crippen MR) is 128 cm³/mol. The van der Waals surface area contributed by atoms with Gasteiger partial charge in [-0.1, -0.05) is 18.6 Å². The standard InChI is InChI=1S/C26H32N4O2/c1-19-7-8-20(2)24(17-19)30-25(26(31)27-13-16-29-14-5-4-6-15-29)18-23(28-30)21-9-11-22(32-3)12-10-21/h7-12,17-18H,4-6,13-16H2,1-3H3,(H,27,31). The first-order valence-corrected chi connectivity index (χ1v) is 11.4. The number of hydrogen-bond acceptors (Lipinski definition) is 4. The number of piperidine rings is 1. The molecule has 2 heterocycles. The molecule has 3 aromatic rings. The lowest BCUT2D eigenvalue weighted by Gasteiger charge is -2.26. The number of methoxy groups -OCH3 is 1. The summed E-state index contributed by atoms with van der Waals surface area (Å²) in [7, 11) is 1.65. The van der Waals surface area contributed by atoms with E-state index in [1.165, 1.54) is 19.3 Å². The second-order valence-corrected chi connectivity index (χ2v) is 8.50. The van der Waals surface area contributed by atoms with E-state index < -0.39 is 0 Å². The largest absolute Gasteiger partial charge is 0.497 e. The maximum Gasteiger partial charge on any atom is 0.270 e. The average Bonchev–Trinajstić information content (AvgIpc) is 3.27. The van der Waals surface area contributed by atoms with Crippen molar-refractivity contribution in [1.29, 1.82) is 0 Å². The van der Waals surface area contributed by atoms with Gasteiger partial charge in [-0.05, 0) is 87.3 Å². The highest BCUT2D eigenvalue weighted by atomic mass is 16.5. The van der Waals surface area contributed by atoms with Crippen LogP contribution in [0.3, 0.4) is 0 Å². The molecule has 0 radical (unpaired) electrons. The number of aryl methyl sites for hydroxylation is 2. The van der Waals surface area contributed by atoms with Gasteiger partial charge in [0.15, 0.2) is 0 Å². The molecule has 1 saturated heterocycles. The molecule has 32 heavy (non-hydrogen) atoms. The lowest BCUT2D eigenvalue weighted by molar-refractivity contribution is 0.0939. The fourth-order valence-electron chi connectivity index (χ4n) is 4.18. The van der Waals surface area contributed by atoms with Gasteiger partial charge in [-0.25, -0.2) is 4.68 Å². The van der Waals surface area contributed by atoms with Gasteiger partial charge in [0.05, 0.1) is 18.5 Å². The van der Waals surface area contributed by atoms with Gasteiger partial charge in [0, 0.05) is 18.7 Å². The van der Waals surface area contributed by atoms with Crippen LogP contribution >= 0.6 is 0 Å². The molecule has 0 atom stereocenters. The Morgan fingerprint density at radius 3 is 2.50 bits per heavy atom. The van der Waals surface area contributed by atoms with Gasteiger partial charge in [0.25, 0.3) is 5.91 Å². The number of benzene rings is 2. The van der Waals surface area contributed by atoms with Crippen LogP contribution in [0, 0.1) is 13.8 Å². The molecule has 2 aromatic carbocycles. The number of rotatable bonds is 7. The monoisotopic (exact) mass is 432 g/mol. The van der Waals surface area contributed by atoms with Gasteiger partial charge in [-0.15, -0.1) is 0 Å². The fraction of sp³-hybridized carbons (Fsp3) is 0.385. The van der Waals surface area contributed by atoms with Crippen LogP contribution in [-0.4, -0.2) is 53.9 Å². The van der Waals surface area contributed by atoms with E-state index in [1.807, 2.05) is 37.3 Å². The highest BCUT2D eigenvalue weighted by Crippen LogP contribution is 2.25. The molecular weight excluding hydrogens is 400 g/mol. The van der Waals surface area contributed by atoms with E-state index in [-0.39, 0.29) is 5.91 Å². The Bertz CT molecular complexity index is 1070. The number of amides is 1. The van der Waals surface area contributed by atoms with Crippen molar-refractivity contribution in [3.05, 3.63) is 65.4 Å². The molecule has 1 aliphatic rings. The summed E-state index contributed by atoms with van der Waals surface area (Å²) in [4.78, 5) is 15.6. The molecule has 168 valence electrons. The number of hydrogen-bond donors (Lipinski definition) is 1. The molecule has 0 bridgehead atoms. The zero-order valence-electron chi connectivity index (χ0n) is 19.2. The van der Waals surface area contributed by atoms with Crippen molar-refractivity contribution in [2.75, 3.05) is 33.3 Å². The highest BCUT2D eigenvalue weighted by molar-refractivity contribution is 5.94. The zero-order chi connectivity index (χ0) is 22.5. The van der Waals surface area contributed by atoms with Crippen LogP contribution in [-0.2, 0) is 0 Å². The third-order valence-corrected chi connectivity index (χ3v) is 6.08. The summed E-state index contributed by atoms with van der Waals surface area (Å²) in [5.41, 5.74) is 5.37. The second kappa shape index (κ2) is 10.0. The van der Waals surface area contributed by atoms with E-state index in [4.69, 9.17) is 9.84 Å². The van der Waals surface area contributed by atoms with Crippen molar-refractivity contribution < 1.29 is 9.53 Å². The third kappa shape index (κ3) is 5.02. The molecule has 1 aliphatic heterocycles. The molecule has 1 amide bonds. The molecule has 1 fully saturated rings. The molecular formula is C26H32N4O2. The number of nitrogens with one attached hydrogen (secondary N) is 1. The molecule has 0 spiro atoms. The maximum absolute atomic E-state index is 13.2. The summed E-state index contributed by atoms with van der Waals surface area (Å²) in [6.07, 6.45) is 3.81. The van der Waals surface area contributed by atoms with Crippen molar-refractivity contribution in [2.45, 2.75) is 33.1 Å². The van der Waals surface area contributed by atoms with Crippen LogP contribution in [0.25, 0.3) is 16.9 Å². The summed E-state index contributed by atoms with van der Waals surface area (Å²) >= 11 is 0. The van der Waals surface area contributed by atoms with E-state index in [0.717, 1.165) is 53.5 Å². The summed E-state index contributed by atoms with van der Waals surface area (Å²) in [6, 6.07) is 15.8. The number of aromatic nitrogens is 2. The topological polar surface area (TPSA) is 59.4 Å². The van der Waals surface area contributed by atoms with E-state index in [0.29, 0.717) is 12.2 Å². The number of likely N-dealkylation sites (tertiary alicyclic amines) is 1. The third-order valence-electron chi connectivity index (χ3n) is 6.08. The van der Waals surface area contributed by atoms with Crippen molar-refractivity contribution in [3.8, 4) is 22.7 Å². The summed E-state index contributed by atoms with van der Waals surface area (Å²) in [5, 5.41) is 7.94. The van der Waals surface area contributed by atoms with Crippen LogP contribution in [0.5, 0.6) is 5.75 Å². The Balaban J connectivity index is 1.61. The number of ether oxygens (including phenoxy) is 1. The van der Waals surface area contributed by atoms with Gasteiger partial charge in [-0.2, -0.15) is 5.10 Å². The second-order valence-electron chi connectivity index (χ2n) is 8.50. The first kappa shape index (κ1) is 22.1. The maximum atomic E-state index is 13.2. The smallest absolute Gasteiger partial charge is 0.270 e. The van der Waals surface area contributed by atoms with Crippen molar-refractivity contribution in [2.24, 2.45) is 0 Å². The Labute approximate surface area is 190 Å². The van der Waals surface area contributed by atoms with E-state index >= 15 is 0 Å². The van der Waals surface area contributed by atoms with E-state index in [9.17, 15) is 4.79 Å². The predicted octanol–water partition coefficient (Wildman–Crippen LogP) is 4.38. The quantitative estimate of drug-likeness (QED) is 0.602. The van der Waals surface area contributed by atoms with Gasteiger partial charge >= 0.3 is 0 Å². The molecule has 1 N–H and O–H groups in total. The first-order valence-electron chi connectivity index (χ1n) is 11.4. The van der Waals surface area contributed by atoms with Crippen LogP contribution < -0.4 is 10.1 Å². The van der Waals surface area contributed by atoms with Crippen LogP contribution in [0.1, 0.15) is 40.9 Å². The molecule has 0 unspecified atom stereocenters. The Morgan fingerprint density at radius 2 is 1.78 bits per heavy atom. The van der Waals surface area contributed by atoms with Gasteiger partial charge < -0.3 is 15.0 Å². The SMILES string of the molecule is COc1ccc(-c2cc(C(=O)NCCN3CCCCC3)n(-c3cc(C)ccc3C)n2)cc1. The fourth-order valence-corrected chi connectivity index (χ4v) is 4.18. The van der Waals surface area contributed by atoms with E-state index in [1.54, 1.807) is 11.8 Å². The zero-order valence-corrected chi connectivity index (χ0v) is 19.2. The summed E-state index contributed by atoms with van der Waals surface area (Å²) < 4.78 is 7.05. The van der Waals surface area contributed by atoms with Gasteiger partial charge in [0.1, 0.15) is 11.4 Å².